The predicted molar refractivity (Wildman–Crippen MR) is 127 cm³/mol. The Morgan fingerprint density at radius 3 is 2.32 bits per heavy atom. The first kappa shape index (κ1) is 25.6. The SMILES string of the molecule is O=C(Nc1nc(-c2ccncc2)c(-c2cccnc2)s1)C1COc2ccccc2O1.O=C(O)C(F)(F)F. The van der Waals surface area contributed by atoms with E-state index >= 15 is 0 Å². The number of carbonyl (C=O) groups excluding carboxylic acids is 1. The monoisotopic (exact) mass is 530 g/mol. The van der Waals surface area contributed by atoms with Gasteiger partial charge in [0.1, 0.15) is 6.61 Å². The van der Waals surface area contributed by atoms with Crippen molar-refractivity contribution in [1.82, 2.24) is 15.0 Å². The standard InChI is InChI=1S/C22H16N4O3S.C2HF3O2/c27-21(18-13-28-16-5-1-2-6-17(16)29-18)26-22-25-19(14-7-10-23-11-8-14)20(30-22)15-4-3-9-24-12-15;3-2(4,5)1(6)7/h1-12,18H,13H2,(H,25,26,27);(H,6,7). The average molecular weight is 530 g/mol. The minimum atomic E-state index is -5.08. The molecule has 13 heteroatoms. The largest absolute Gasteiger partial charge is 0.490 e. The number of aliphatic carboxylic acids is 1. The molecule has 190 valence electrons. The third-order valence-corrected chi connectivity index (χ3v) is 5.80. The summed E-state index contributed by atoms with van der Waals surface area (Å²) >= 11 is 1.39. The summed E-state index contributed by atoms with van der Waals surface area (Å²) in [4.78, 5) is 35.6. The summed E-state index contributed by atoms with van der Waals surface area (Å²) in [6.07, 6.45) is 1.08. The summed E-state index contributed by atoms with van der Waals surface area (Å²) in [5, 5.41) is 10.5. The Hall–Kier alpha value is -4.52. The minimum absolute atomic E-state index is 0.140. The number of amides is 1. The molecule has 37 heavy (non-hydrogen) atoms. The van der Waals surface area contributed by atoms with Crippen molar-refractivity contribution in [3.05, 3.63) is 73.3 Å². The van der Waals surface area contributed by atoms with Gasteiger partial charge in [-0.05, 0) is 30.3 Å². The van der Waals surface area contributed by atoms with Crippen LogP contribution in [0.15, 0.2) is 73.3 Å². The van der Waals surface area contributed by atoms with E-state index in [0.29, 0.717) is 16.6 Å². The van der Waals surface area contributed by atoms with E-state index in [-0.39, 0.29) is 12.5 Å². The Morgan fingerprint density at radius 1 is 0.973 bits per heavy atom. The summed E-state index contributed by atoms with van der Waals surface area (Å²) in [7, 11) is 0. The van der Waals surface area contributed by atoms with Gasteiger partial charge < -0.3 is 14.6 Å². The Kier molecular flexibility index (Phi) is 7.63. The van der Waals surface area contributed by atoms with E-state index in [1.165, 1.54) is 11.3 Å². The highest BCUT2D eigenvalue weighted by Gasteiger charge is 2.38. The van der Waals surface area contributed by atoms with Gasteiger partial charge in [0.2, 0.25) is 6.10 Å². The molecule has 5 rings (SSSR count). The normalized spacial score (nSPS) is 14.2. The smallest absolute Gasteiger partial charge is 0.485 e. The van der Waals surface area contributed by atoms with E-state index in [0.717, 1.165) is 21.7 Å². The van der Waals surface area contributed by atoms with E-state index in [1.54, 1.807) is 30.9 Å². The Balaban J connectivity index is 0.000000405. The zero-order chi connectivity index (χ0) is 26.4. The van der Waals surface area contributed by atoms with Gasteiger partial charge in [0.25, 0.3) is 5.91 Å². The lowest BCUT2D eigenvalue weighted by molar-refractivity contribution is -0.192. The molecule has 1 unspecified atom stereocenters. The van der Waals surface area contributed by atoms with Crippen LogP contribution >= 0.6 is 11.3 Å². The first-order valence-corrected chi connectivity index (χ1v) is 11.3. The number of carbonyl (C=O) groups is 2. The summed E-state index contributed by atoms with van der Waals surface area (Å²) in [5.41, 5.74) is 2.59. The fraction of sp³-hybridized carbons (Fsp3) is 0.125. The molecule has 1 aliphatic heterocycles. The Bertz CT molecular complexity index is 1330. The summed E-state index contributed by atoms with van der Waals surface area (Å²) in [6, 6.07) is 14.9. The van der Waals surface area contributed by atoms with Crippen LogP contribution in [0, 0.1) is 0 Å². The van der Waals surface area contributed by atoms with Crippen molar-refractivity contribution in [2.75, 3.05) is 11.9 Å². The maximum Gasteiger partial charge on any atom is 0.490 e. The second kappa shape index (κ2) is 11.0. The molecule has 9 nitrogen and oxygen atoms in total. The molecule has 1 aliphatic rings. The lowest BCUT2D eigenvalue weighted by Gasteiger charge is -2.25. The molecule has 1 amide bonds. The number of anilines is 1. The van der Waals surface area contributed by atoms with Gasteiger partial charge in [0.15, 0.2) is 16.6 Å². The molecule has 0 saturated carbocycles. The summed E-state index contributed by atoms with van der Waals surface area (Å²) < 4.78 is 43.2. The number of alkyl halides is 3. The number of aromatic nitrogens is 3. The lowest BCUT2D eigenvalue weighted by Crippen LogP contribution is -2.40. The fourth-order valence-electron chi connectivity index (χ4n) is 3.11. The lowest BCUT2D eigenvalue weighted by atomic mass is 10.1. The first-order valence-electron chi connectivity index (χ1n) is 10.5. The topological polar surface area (TPSA) is 124 Å². The molecule has 2 N–H and O–H groups in total. The second-order valence-electron chi connectivity index (χ2n) is 7.33. The molecule has 0 fully saturated rings. The van der Waals surface area contributed by atoms with E-state index in [2.05, 4.69) is 20.3 Å². The Morgan fingerprint density at radius 2 is 1.68 bits per heavy atom. The summed E-state index contributed by atoms with van der Waals surface area (Å²) in [6.45, 7) is 0.140. The van der Waals surface area contributed by atoms with Crippen LogP contribution in [-0.2, 0) is 9.59 Å². The number of nitrogens with zero attached hydrogens (tertiary/aromatic N) is 3. The van der Waals surface area contributed by atoms with Crippen LogP contribution in [0.5, 0.6) is 11.5 Å². The molecule has 0 bridgehead atoms. The van der Waals surface area contributed by atoms with Gasteiger partial charge in [-0.1, -0.05) is 29.5 Å². The van der Waals surface area contributed by atoms with Gasteiger partial charge >= 0.3 is 12.1 Å². The van der Waals surface area contributed by atoms with Gasteiger partial charge in [0, 0.05) is 35.9 Å². The zero-order valence-corrected chi connectivity index (χ0v) is 19.5. The maximum atomic E-state index is 12.8. The molecular weight excluding hydrogens is 513 g/mol. The van der Waals surface area contributed by atoms with Gasteiger partial charge in [-0.15, -0.1) is 0 Å². The van der Waals surface area contributed by atoms with Crippen molar-refractivity contribution in [1.29, 1.82) is 0 Å². The van der Waals surface area contributed by atoms with Gasteiger partial charge in [-0.2, -0.15) is 13.2 Å². The third kappa shape index (κ3) is 6.38. The molecule has 1 atom stereocenters. The number of para-hydroxylation sites is 2. The van der Waals surface area contributed by atoms with Crippen LogP contribution in [0.3, 0.4) is 0 Å². The molecule has 0 radical (unpaired) electrons. The third-order valence-electron chi connectivity index (χ3n) is 4.78. The molecule has 3 aromatic heterocycles. The minimum Gasteiger partial charge on any atom is -0.485 e. The van der Waals surface area contributed by atoms with E-state index in [1.807, 2.05) is 42.5 Å². The van der Waals surface area contributed by atoms with E-state index in [4.69, 9.17) is 19.4 Å². The highest BCUT2D eigenvalue weighted by molar-refractivity contribution is 7.19. The highest BCUT2D eigenvalue weighted by Crippen LogP contribution is 2.39. The van der Waals surface area contributed by atoms with Gasteiger partial charge in [-0.3, -0.25) is 20.1 Å². The number of thiazole rings is 1. The number of benzene rings is 1. The van der Waals surface area contributed by atoms with Crippen molar-refractivity contribution in [3.63, 3.8) is 0 Å². The predicted octanol–water partition coefficient (Wildman–Crippen LogP) is 4.68. The number of hydrogen-bond acceptors (Lipinski definition) is 8. The van der Waals surface area contributed by atoms with Crippen molar-refractivity contribution in [2.45, 2.75) is 12.3 Å². The number of hydrogen-bond donors (Lipinski definition) is 2. The molecule has 1 aromatic carbocycles. The molecular formula is C24H17F3N4O5S. The van der Waals surface area contributed by atoms with Crippen molar-refractivity contribution in [2.24, 2.45) is 0 Å². The molecule has 0 saturated heterocycles. The number of rotatable bonds is 4. The van der Waals surface area contributed by atoms with Gasteiger partial charge in [0.05, 0.1) is 10.6 Å². The number of fused-ring (bicyclic) bond motifs is 1. The van der Waals surface area contributed by atoms with Crippen LogP contribution in [-0.4, -0.2) is 50.8 Å². The van der Waals surface area contributed by atoms with Crippen LogP contribution in [0.1, 0.15) is 0 Å². The number of carboxylic acid groups (broad SMARTS) is 1. The van der Waals surface area contributed by atoms with Crippen LogP contribution in [0.2, 0.25) is 0 Å². The number of ether oxygens (including phenoxy) is 2. The number of nitrogens with one attached hydrogen (secondary N) is 1. The van der Waals surface area contributed by atoms with Crippen molar-refractivity contribution >= 4 is 28.3 Å². The quantitative estimate of drug-likeness (QED) is 0.390. The average Bonchev–Trinajstić information content (AvgIpc) is 3.33. The van der Waals surface area contributed by atoms with Crippen LogP contribution in [0.4, 0.5) is 18.3 Å². The Labute approximate surface area is 211 Å². The van der Waals surface area contributed by atoms with Crippen LogP contribution in [0.25, 0.3) is 21.7 Å². The molecule has 4 aromatic rings. The van der Waals surface area contributed by atoms with E-state index < -0.39 is 18.2 Å². The number of halogens is 3. The van der Waals surface area contributed by atoms with Crippen LogP contribution < -0.4 is 14.8 Å². The molecule has 0 spiro atoms. The second-order valence-corrected chi connectivity index (χ2v) is 8.33. The fourth-order valence-corrected chi connectivity index (χ4v) is 4.09. The van der Waals surface area contributed by atoms with Crippen molar-refractivity contribution < 1.29 is 37.3 Å². The molecule has 0 aliphatic carbocycles. The zero-order valence-electron chi connectivity index (χ0n) is 18.7. The highest BCUT2D eigenvalue weighted by atomic mass is 32.1. The number of pyridine rings is 2. The van der Waals surface area contributed by atoms with E-state index in [9.17, 15) is 18.0 Å². The summed E-state index contributed by atoms with van der Waals surface area (Å²) in [5.74, 6) is -1.88. The maximum absolute atomic E-state index is 12.8. The first-order chi connectivity index (χ1) is 17.7. The number of carboxylic acids is 1. The van der Waals surface area contributed by atoms with Crippen molar-refractivity contribution in [3.8, 4) is 33.2 Å². The van der Waals surface area contributed by atoms with Gasteiger partial charge in [-0.25, -0.2) is 9.78 Å². The molecule has 4 heterocycles.